The number of ether oxygens (including phenoxy) is 1. The zero-order chi connectivity index (χ0) is 15.4. The van der Waals surface area contributed by atoms with Crippen LogP contribution in [0.1, 0.15) is 38.2 Å². The quantitative estimate of drug-likeness (QED) is 0.832. The summed E-state index contributed by atoms with van der Waals surface area (Å²) in [6.07, 6.45) is 5.82. The van der Waals surface area contributed by atoms with Gasteiger partial charge in [0.2, 0.25) is 0 Å². The summed E-state index contributed by atoms with van der Waals surface area (Å²) >= 11 is 0. The molecule has 3 nitrogen and oxygen atoms in total. The van der Waals surface area contributed by atoms with E-state index in [1.165, 1.54) is 57.4 Å². The minimum Gasteiger partial charge on any atom is -0.496 e. The molecule has 1 aliphatic heterocycles. The second-order valence-corrected chi connectivity index (χ2v) is 7.37. The van der Waals surface area contributed by atoms with Crippen LogP contribution >= 0.6 is 0 Å². The molecule has 0 bridgehead atoms. The third-order valence-corrected chi connectivity index (χ3v) is 5.75. The summed E-state index contributed by atoms with van der Waals surface area (Å²) in [6, 6.07) is 9.43. The standard InChI is InChI=1S/C19H30N2O/c1-16-6-5-8-18(14-16)21-12-10-20(11-13-21)15-17-7-3-4-9-19(17)22-2/h3-4,7,9,16,18H,5-6,8,10-15H2,1-2H3/p+2. The van der Waals surface area contributed by atoms with Crippen molar-refractivity contribution in [3.8, 4) is 5.75 Å². The Morgan fingerprint density at radius 2 is 1.86 bits per heavy atom. The fourth-order valence-corrected chi connectivity index (χ4v) is 4.43. The molecule has 22 heavy (non-hydrogen) atoms. The molecule has 2 fully saturated rings. The third kappa shape index (κ3) is 3.82. The monoisotopic (exact) mass is 304 g/mol. The van der Waals surface area contributed by atoms with Gasteiger partial charge in [-0.05, 0) is 30.9 Å². The maximum Gasteiger partial charge on any atom is 0.127 e. The van der Waals surface area contributed by atoms with Crippen LogP contribution in [0, 0.1) is 5.92 Å². The average molecular weight is 304 g/mol. The van der Waals surface area contributed by atoms with Gasteiger partial charge >= 0.3 is 0 Å². The number of para-hydroxylation sites is 1. The molecule has 0 aromatic heterocycles. The lowest BCUT2D eigenvalue weighted by atomic mass is 9.86. The molecule has 3 rings (SSSR count). The van der Waals surface area contributed by atoms with Crippen molar-refractivity contribution in [1.82, 2.24) is 0 Å². The molecular formula is C19H32N2O+2. The van der Waals surface area contributed by atoms with Crippen molar-refractivity contribution in [2.45, 2.75) is 45.2 Å². The first-order valence-corrected chi connectivity index (χ1v) is 9.06. The SMILES string of the molecule is COc1ccccc1C[NH+]1CC[NH+](C2CCCC(C)C2)CC1. The van der Waals surface area contributed by atoms with Gasteiger partial charge in [0, 0.05) is 12.0 Å². The molecule has 1 saturated carbocycles. The van der Waals surface area contributed by atoms with Crippen LogP contribution in [-0.4, -0.2) is 39.3 Å². The molecule has 2 atom stereocenters. The molecule has 0 amide bonds. The highest BCUT2D eigenvalue weighted by Crippen LogP contribution is 2.22. The molecule has 3 heteroatoms. The van der Waals surface area contributed by atoms with Crippen molar-refractivity contribution in [1.29, 1.82) is 0 Å². The maximum atomic E-state index is 5.50. The van der Waals surface area contributed by atoms with E-state index >= 15 is 0 Å². The molecule has 2 unspecified atom stereocenters. The van der Waals surface area contributed by atoms with E-state index in [0.29, 0.717) is 0 Å². The highest BCUT2D eigenvalue weighted by atomic mass is 16.5. The molecule has 0 radical (unpaired) electrons. The fraction of sp³-hybridized carbons (Fsp3) is 0.684. The summed E-state index contributed by atoms with van der Waals surface area (Å²) in [4.78, 5) is 3.60. The van der Waals surface area contributed by atoms with Crippen LogP contribution in [-0.2, 0) is 6.54 Å². The van der Waals surface area contributed by atoms with Crippen molar-refractivity contribution >= 4 is 0 Å². The molecule has 1 aliphatic carbocycles. The molecule has 1 saturated heterocycles. The molecule has 1 aromatic carbocycles. The zero-order valence-electron chi connectivity index (χ0n) is 14.2. The van der Waals surface area contributed by atoms with Crippen LogP contribution in [0.25, 0.3) is 0 Å². The van der Waals surface area contributed by atoms with E-state index in [1.807, 2.05) is 4.90 Å². The lowest BCUT2D eigenvalue weighted by Gasteiger charge is -2.37. The summed E-state index contributed by atoms with van der Waals surface area (Å²) in [7, 11) is 1.78. The number of benzene rings is 1. The highest BCUT2D eigenvalue weighted by Gasteiger charge is 2.32. The van der Waals surface area contributed by atoms with E-state index in [4.69, 9.17) is 4.74 Å². The molecule has 2 aliphatic rings. The summed E-state index contributed by atoms with van der Waals surface area (Å²) in [6.45, 7) is 8.85. The van der Waals surface area contributed by atoms with E-state index in [-0.39, 0.29) is 0 Å². The number of rotatable bonds is 4. The topological polar surface area (TPSA) is 18.1 Å². The van der Waals surface area contributed by atoms with E-state index < -0.39 is 0 Å². The lowest BCUT2D eigenvalue weighted by molar-refractivity contribution is -1.03. The third-order valence-electron chi connectivity index (χ3n) is 5.75. The van der Waals surface area contributed by atoms with E-state index in [9.17, 15) is 0 Å². The smallest absolute Gasteiger partial charge is 0.127 e. The van der Waals surface area contributed by atoms with Crippen molar-refractivity contribution in [3.63, 3.8) is 0 Å². The van der Waals surface area contributed by atoms with Crippen LogP contribution in [0.5, 0.6) is 5.75 Å². The lowest BCUT2D eigenvalue weighted by Crippen LogP contribution is -3.29. The van der Waals surface area contributed by atoms with E-state index in [2.05, 4.69) is 31.2 Å². The van der Waals surface area contributed by atoms with Gasteiger partial charge < -0.3 is 14.5 Å². The number of piperazine rings is 1. The summed E-state index contributed by atoms with van der Waals surface area (Å²) in [5, 5.41) is 0. The highest BCUT2D eigenvalue weighted by molar-refractivity contribution is 5.32. The second-order valence-electron chi connectivity index (χ2n) is 7.37. The molecule has 0 spiro atoms. The fourth-order valence-electron chi connectivity index (χ4n) is 4.43. The summed E-state index contributed by atoms with van der Waals surface area (Å²) in [5.74, 6) is 2.00. The van der Waals surface area contributed by atoms with Gasteiger partial charge in [0.15, 0.2) is 0 Å². The molecule has 2 N–H and O–H groups in total. The molecule has 1 heterocycles. The Kier molecular flexibility index (Phi) is 5.37. The van der Waals surface area contributed by atoms with Crippen molar-refractivity contribution in [2.24, 2.45) is 5.92 Å². The first kappa shape index (κ1) is 15.8. The van der Waals surface area contributed by atoms with Gasteiger partial charge in [-0.25, -0.2) is 0 Å². The van der Waals surface area contributed by atoms with Gasteiger partial charge in [-0.2, -0.15) is 0 Å². The van der Waals surface area contributed by atoms with Crippen LogP contribution in [0.3, 0.4) is 0 Å². The second kappa shape index (κ2) is 7.47. The normalized spacial score (nSPS) is 32.6. The van der Waals surface area contributed by atoms with Crippen LogP contribution in [0.2, 0.25) is 0 Å². The molecular weight excluding hydrogens is 272 g/mol. The van der Waals surface area contributed by atoms with E-state index in [0.717, 1.165) is 24.3 Å². The molecule has 1 aromatic rings. The maximum absolute atomic E-state index is 5.50. The number of nitrogens with one attached hydrogen (secondary N) is 2. The Bertz CT molecular complexity index is 468. The summed E-state index contributed by atoms with van der Waals surface area (Å²) in [5.41, 5.74) is 1.36. The van der Waals surface area contributed by atoms with Gasteiger partial charge in [-0.15, -0.1) is 0 Å². The van der Waals surface area contributed by atoms with Gasteiger partial charge in [0.1, 0.15) is 38.5 Å². The Balaban J connectivity index is 1.51. The van der Waals surface area contributed by atoms with Gasteiger partial charge in [-0.3, -0.25) is 0 Å². The zero-order valence-corrected chi connectivity index (χ0v) is 14.2. The molecule has 122 valence electrons. The predicted octanol–water partition coefficient (Wildman–Crippen LogP) is 0.557. The number of methoxy groups -OCH3 is 1. The first-order valence-electron chi connectivity index (χ1n) is 9.06. The predicted molar refractivity (Wildman–Crippen MR) is 89.5 cm³/mol. The Hall–Kier alpha value is -1.06. The number of quaternary nitrogens is 2. The Labute approximate surface area is 135 Å². The number of hydrogen-bond acceptors (Lipinski definition) is 1. The van der Waals surface area contributed by atoms with Crippen LogP contribution < -0.4 is 14.5 Å². The van der Waals surface area contributed by atoms with Gasteiger partial charge in [0.25, 0.3) is 0 Å². The number of hydrogen-bond donors (Lipinski definition) is 2. The summed E-state index contributed by atoms with van der Waals surface area (Å²) < 4.78 is 5.50. The van der Waals surface area contributed by atoms with Crippen LogP contribution in [0.15, 0.2) is 24.3 Å². The Morgan fingerprint density at radius 3 is 2.59 bits per heavy atom. The minimum atomic E-state index is 0.941. The van der Waals surface area contributed by atoms with Crippen LogP contribution in [0.4, 0.5) is 0 Å². The van der Waals surface area contributed by atoms with Gasteiger partial charge in [-0.1, -0.05) is 25.5 Å². The van der Waals surface area contributed by atoms with Crippen molar-refractivity contribution in [2.75, 3.05) is 33.3 Å². The first-order chi connectivity index (χ1) is 10.8. The minimum absolute atomic E-state index is 0.941. The average Bonchev–Trinajstić information content (AvgIpc) is 2.56. The van der Waals surface area contributed by atoms with Gasteiger partial charge in [0.05, 0.1) is 13.2 Å². The largest absolute Gasteiger partial charge is 0.496 e. The van der Waals surface area contributed by atoms with E-state index in [1.54, 1.807) is 12.0 Å². The Morgan fingerprint density at radius 1 is 1.09 bits per heavy atom. The van der Waals surface area contributed by atoms with Crippen molar-refractivity contribution < 1.29 is 14.5 Å². The van der Waals surface area contributed by atoms with Crippen molar-refractivity contribution in [3.05, 3.63) is 29.8 Å².